The standard InChI is InChI=1S/C10H10N4O3S2/c11-10-14-5(3-19-10)8(15)12-2-1-7-13-6(4-18-7)9(16)17/h3-4H,1-2H2,(H2,11,14)(H,12,15)(H,16,17). The zero-order chi connectivity index (χ0) is 13.8. The van der Waals surface area contributed by atoms with Crippen molar-refractivity contribution in [1.82, 2.24) is 15.3 Å². The third kappa shape index (κ3) is 3.48. The maximum absolute atomic E-state index is 11.6. The minimum Gasteiger partial charge on any atom is -0.476 e. The molecule has 0 unspecified atom stereocenters. The van der Waals surface area contributed by atoms with E-state index < -0.39 is 5.97 Å². The van der Waals surface area contributed by atoms with Gasteiger partial charge in [-0.15, -0.1) is 22.7 Å². The highest BCUT2D eigenvalue weighted by Gasteiger charge is 2.11. The Bertz CT molecular complexity index is 607. The smallest absolute Gasteiger partial charge is 0.355 e. The molecule has 0 radical (unpaired) electrons. The van der Waals surface area contributed by atoms with E-state index >= 15 is 0 Å². The van der Waals surface area contributed by atoms with Crippen LogP contribution in [-0.4, -0.2) is 33.5 Å². The van der Waals surface area contributed by atoms with Crippen molar-refractivity contribution in [2.45, 2.75) is 6.42 Å². The van der Waals surface area contributed by atoms with Crippen LogP contribution in [0.3, 0.4) is 0 Å². The van der Waals surface area contributed by atoms with E-state index in [1.165, 1.54) is 28.1 Å². The van der Waals surface area contributed by atoms with Crippen molar-refractivity contribution in [3.05, 3.63) is 27.2 Å². The summed E-state index contributed by atoms with van der Waals surface area (Å²) < 4.78 is 0. The Kier molecular flexibility index (Phi) is 4.07. The van der Waals surface area contributed by atoms with Gasteiger partial charge in [-0.2, -0.15) is 0 Å². The number of carboxylic acid groups (broad SMARTS) is 1. The van der Waals surface area contributed by atoms with E-state index in [0.29, 0.717) is 23.1 Å². The van der Waals surface area contributed by atoms with Gasteiger partial charge in [0.15, 0.2) is 10.8 Å². The molecular weight excluding hydrogens is 288 g/mol. The normalized spacial score (nSPS) is 10.3. The van der Waals surface area contributed by atoms with E-state index in [2.05, 4.69) is 15.3 Å². The summed E-state index contributed by atoms with van der Waals surface area (Å²) in [6, 6.07) is 0. The van der Waals surface area contributed by atoms with E-state index in [-0.39, 0.29) is 17.3 Å². The number of aromatic carboxylic acids is 1. The van der Waals surface area contributed by atoms with Crippen LogP contribution < -0.4 is 11.1 Å². The summed E-state index contributed by atoms with van der Waals surface area (Å²) in [5, 5.41) is 15.4. The van der Waals surface area contributed by atoms with Crippen molar-refractivity contribution in [1.29, 1.82) is 0 Å². The summed E-state index contributed by atoms with van der Waals surface area (Å²) >= 11 is 2.45. The number of nitrogens with zero attached hydrogens (tertiary/aromatic N) is 2. The number of hydrogen-bond donors (Lipinski definition) is 3. The number of rotatable bonds is 5. The van der Waals surface area contributed by atoms with Crippen molar-refractivity contribution >= 4 is 39.7 Å². The fourth-order valence-corrected chi connectivity index (χ4v) is 2.60. The third-order valence-electron chi connectivity index (χ3n) is 2.15. The van der Waals surface area contributed by atoms with Crippen LogP contribution in [0.25, 0.3) is 0 Å². The molecule has 0 aliphatic rings. The lowest BCUT2D eigenvalue weighted by atomic mass is 10.4. The zero-order valence-corrected chi connectivity index (χ0v) is 11.3. The number of carbonyl (C=O) groups excluding carboxylic acids is 1. The maximum atomic E-state index is 11.6. The van der Waals surface area contributed by atoms with E-state index in [1.54, 1.807) is 5.38 Å². The molecule has 0 aliphatic carbocycles. The lowest BCUT2D eigenvalue weighted by molar-refractivity contribution is 0.0690. The molecule has 0 atom stereocenters. The quantitative estimate of drug-likeness (QED) is 0.753. The third-order valence-corrected chi connectivity index (χ3v) is 3.73. The predicted molar refractivity (Wildman–Crippen MR) is 71.6 cm³/mol. The summed E-state index contributed by atoms with van der Waals surface area (Å²) in [4.78, 5) is 30.0. The van der Waals surface area contributed by atoms with E-state index in [9.17, 15) is 9.59 Å². The number of amides is 1. The van der Waals surface area contributed by atoms with Crippen LogP contribution in [0.1, 0.15) is 26.0 Å². The zero-order valence-electron chi connectivity index (χ0n) is 9.62. The predicted octanol–water partition coefficient (Wildman–Crippen LogP) is 0.852. The van der Waals surface area contributed by atoms with Gasteiger partial charge in [0.05, 0.1) is 5.01 Å². The monoisotopic (exact) mass is 298 g/mol. The fraction of sp³-hybridized carbons (Fsp3) is 0.200. The highest BCUT2D eigenvalue weighted by Crippen LogP contribution is 2.11. The number of carboxylic acids is 1. The van der Waals surface area contributed by atoms with Crippen molar-refractivity contribution in [3.8, 4) is 0 Å². The molecule has 1 amide bonds. The van der Waals surface area contributed by atoms with Crippen molar-refractivity contribution in [3.63, 3.8) is 0 Å². The largest absolute Gasteiger partial charge is 0.476 e. The molecule has 7 nitrogen and oxygen atoms in total. The van der Waals surface area contributed by atoms with Gasteiger partial charge in [0.2, 0.25) is 0 Å². The van der Waals surface area contributed by atoms with Gasteiger partial charge < -0.3 is 16.2 Å². The maximum Gasteiger partial charge on any atom is 0.355 e. The summed E-state index contributed by atoms with van der Waals surface area (Å²) in [6.07, 6.45) is 0.476. The number of aromatic nitrogens is 2. The summed E-state index contributed by atoms with van der Waals surface area (Å²) in [5.41, 5.74) is 5.74. The Morgan fingerprint density at radius 2 is 2.00 bits per heavy atom. The molecule has 0 aromatic carbocycles. The SMILES string of the molecule is Nc1nc(C(=O)NCCc2nc(C(=O)O)cs2)cs1. The van der Waals surface area contributed by atoms with Gasteiger partial charge in [-0.05, 0) is 0 Å². The number of nitrogen functional groups attached to an aromatic ring is 1. The molecule has 0 aliphatic heterocycles. The molecule has 9 heteroatoms. The van der Waals surface area contributed by atoms with Crippen molar-refractivity contribution in [2.24, 2.45) is 0 Å². The number of thiazole rings is 2. The van der Waals surface area contributed by atoms with E-state index in [0.717, 1.165) is 0 Å². The Morgan fingerprint density at radius 1 is 1.26 bits per heavy atom. The molecular formula is C10H10N4O3S2. The van der Waals surface area contributed by atoms with Gasteiger partial charge in [-0.1, -0.05) is 0 Å². The Labute approximate surface area is 116 Å². The number of hydrogen-bond acceptors (Lipinski definition) is 7. The molecule has 2 aromatic rings. The topological polar surface area (TPSA) is 118 Å². The number of nitrogens with two attached hydrogens (primary N) is 1. The lowest BCUT2D eigenvalue weighted by Crippen LogP contribution is -2.26. The number of nitrogens with one attached hydrogen (secondary N) is 1. The van der Waals surface area contributed by atoms with Crippen LogP contribution in [0.5, 0.6) is 0 Å². The minimum absolute atomic E-state index is 0.0265. The molecule has 2 aromatic heterocycles. The van der Waals surface area contributed by atoms with E-state index in [1.807, 2.05) is 0 Å². The van der Waals surface area contributed by atoms with Gasteiger partial charge in [0, 0.05) is 23.7 Å². The summed E-state index contributed by atoms with van der Waals surface area (Å²) in [5.74, 6) is -1.35. The second-order valence-corrected chi connectivity index (χ2v) is 5.34. The molecule has 0 saturated carbocycles. The van der Waals surface area contributed by atoms with Gasteiger partial charge >= 0.3 is 5.97 Å². The highest BCUT2D eigenvalue weighted by atomic mass is 32.1. The molecule has 2 heterocycles. The van der Waals surface area contributed by atoms with Gasteiger partial charge in [-0.25, -0.2) is 14.8 Å². The summed E-state index contributed by atoms with van der Waals surface area (Å²) in [7, 11) is 0. The van der Waals surface area contributed by atoms with Crippen molar-refractivity contribution < 1.29 is 14.7 Å². The van der Waals surface area contributed by atoms with Gasteiger partial charge in [0.25, 0.3) is 5.91 Å². The first-order valence-electron chi connectivity index (χ1n) is 5.23. The van der Waals surface area contributed by atoms with Crippen LogP contribution in [0.15, 0.2) is 10.8 Å². The highest BCUT2D eigenvalue weighted by molar-refractivity contribution is 7.13. The van der Waals surface area contributed by atoms with Crippen LogP contribution >= 0.6 is 22.7 Å². The average molecular weight is 298 g/mol. The Morgan fingerprint density at radius 3 is 2.58 bits per heavy atom. The molecule has 4 N–H and O–H groups in total. The number of carbonyl (C=O) groups is 2. The summed E-state index contributed by atoms with van der Waals surface area (Å²) in [6.45, 7) is 0.364. The van der Waals surface area contributed by atoms with Gasteiger partial charge in [-0.3, -0.25) is 4.79 Å². The molecule has 19 heavy (non-hydrogen) atoms. The van der Waals surface area contributed by atoms with Gasteiger partial charge in [0.1, 0.15) is 5.69 Å². The molecule has 0 bridgehead atoms. The van der Waals surface area contributed by atoms with Crippen LogP contribution in [0, 0.1) is 0 Å². The first-order valence-corrected chi connectivity index (χ1v) is 6.99. The minimum atomic E-state index is -1.05. The molecule has 0 saturated heterocycles. The number of anilines is 1. The van der Waals surface area contributed by atoms with Crippen LogP contribution in [0.2, 0.25) is 0 Å². The Balaban J connectivity index is 1.83. The van der Waals surface area contributed by atoms with Crippen molar-refractivity contribution in [2.75, 3.05) is 12.3 Å². The second-order valence-electron chi connectivity index (χ2n) is 3.51. The van der Waals surface area contributed by atoms with E-state index in [4.69, 9.17) is 10.8 Å². The Hall–Kier alpha value is -2.00. The van der Waals surface area contributed by atoms with Crippen LogP contribution in [-0.2, 0) is 6.42 Å². The molecule has 0 fully saturated rings. The fourth-order valence-electron chi connectivity index (χ4n) is 1.29. The second kappa shape index (κ2) is 5.76. The lowest BCUT2D eigenvalue weighted by Gasteiger charge is -2.00. The first-order chi connectivity index (χ1) is 9.06. The van der Waals surface area contributed by atoms with Crippen LogP contribution in [0.4, 0.5) is 5.13 Å². The first kappa shape index (κ1) is 13.4. The average Bonchev–Trinajstić information content (AvgIpc) is 2.98. The molecule has 0 spiro atoms. The molecule has 100 valence electrons. The molecule has 2 rings (SSSR count).